The van der Waals surface area contributed by atoms with E-state index >= 15 is 0 Å². The first-order valence-corrected chi connectivity index (χ1v) is 15.9. The Bertz CT molecular complexity index is 829. The minimum absolute atomic E-state index is 0.787. The molecular weight excluding hydrogens is 432 g/mol. The highest BCUT2D eigenvalue weighted by molar-refractivity contribution is 5.64. The lowest BCUT2D eigenvalue weighted by atomic mass is 9.77. The highest BCUT2D eigenvalue weighted by atomic mass is 14.3. The second kappa shape index (κ2) is 15.0. The molecule has 0 atom stereocenters. The van der Waals surface area contributed by atoms with Gasteiger partial charge in [-0.1, -0.05) is 139 Å². The first-order chi connectivity index (χ1) is 17.7. The van der Waals surface area contributed by atoms with Crippen molar-refractivity contribution in [3.05, 3.63) is 59.7 Å². The molecule has 0 heteroatoms. The molecule has 0 spiro atoms. The predicted octanol–water partition coefficient (Wildman–Crippen LogP) is 11.5. The predicted molar refractivity (Wildman–Crippen MR) is 159 cm³/mol. The monoisotopic (exact) mass is 486 g/mol. The van der Waals surface area contributed by atoms with Crippen LogP contribution < -0.4 is 0 Å². The number of hydrogen-bond donors (Lipinski definition) is 0. The topological polar surface area (TPSA) is 0 Å². The van der Waals surface area contributed by atoms with Gasteiger partial charge < -0.3 is 0 Å². The van der Waals surface area contributed by atoms with E-state index in [9.17, 15) is 0 Å². The Morgan fingerprint density at radius 1 is 0.500 bits per heavy atom. The van der Waals surface area contributed by atoms with Crippen LogP contribution in [-0.2, 0) is 6.42 Å². The second-order valence-electron chi connectivity index (χ2n) is 12.5. The molecule has 2 aromatic carbocycles. The molecule has 0 N–H and O–H groups in total. The SMILES string of the molecule is CCCCCC1CCC(CCc2ccc(-c3ccc(C4CCC(CCCCC)CC4)cc3)cc2)CC1. The minimum Gasteiger partial charge on any atom is -0.0654 e. The summed E-state index contributed by atoms with van der Waals surface area (Å²) < 4.78 is 0. The van der Waals surface area contributed by atoms with E-state index in [1.807, 2.05) is 0 Å². The summed E-state index contributed by atoms with van der Waals surface area (Å²) in [5.41, 5.74) is 5.84. The van der Waals surface area contributed by atoms with Crippen molar-refractivity contribution < 1.29 is 0 Å². The number of rotatable bonds is 13. The first kappa shape index (κ1) is 27.5. The van der Waals surface area contributed by atoms with Crippen molar-refractivity contribution in [2.24, 2.45) is 17.8 Å². The van der Waals surface area contributed by atoms with Gasteiger partial charge >= 0.3 is 0 Å². The summed E-state index contributed by atoms with van der Waals surface area (Å²) in [5, 5.41) is 0. The van der Waals surface area contributed by atoms with Gasteiger partial charge in [0.1, 0.15) is 0 Å². The van der Waals surface area contributed by atoms with Crippen molar-refractivity contribution in [2.75, 3.05) is 0 Å². The number of benzene rings is 2. The van der Waals surface area contributed by atoms with Crippen LogP contribution in [0, 0.1) is 17.8 Å². The molecule has 2 aliphatic rings. The van der Waals surface area contributed by atoms with Gasteiger partial charge in [-0.2, -0.15) is 0 Å². The molecular formula is C36H54. The van der Waals surface area contributed by atoms with Crippen molar-refractivity contribution in [1.29, 1.82) is 0 Å². The van der Waals surface area contributed by atoms with Crippen LogP contribution >= 0.6 is 0 Å². The van der Waals surface area contributed by atoms with Crippen molar-refractivity contribution in [1.82, 2.24) is 0 Å². The summed E-state index contributed by atoms with van der Waals surface area (Å²) in [7, 11) is 0. The highest BCUT2D eigenvalue weighted by Crippen LogP contribution is 2.38. The second-order valence-corrected chi connectivity index (χ2v) is 12.5. The van der Waals surface area contributed by atoms with Crippen LogP contribution in [0.3, 0.4) is 0 Å². The lowest BCUT2D eigenvalue weighted by Gasteiger charge is -2.29. The maximum atomic E-state index is 2.42. The lowest BCUT2D eigenvalue weighted by molar-refractivity contribution is 0.249. The normalized spacial score (nSPS) is 24.6. The van der Waals surface area contributed by atoms with E-state index in [0.29, 0.717) is 0 Å². The van der Waals surface area contributed by atoms with Gasteiger partial charge in [-0.15, -0.1) is 0 Å². The molecule has 0 aromatic heterocycles. The van der Waals surface area contributed by atoms with Crippen molar-refractivity contribution >= 4 is 0 Å². The molecule has 4 rings (SSSR count). The van der Waals surface area contributed by atoms with E-state index in [1.54, 1.807) is 5.56 Å². The van der Waals surface area contributed by atoms with E-state index in [0.717, 1.165) is 23.7 Å². The zero-order valence-electron chi connectivity index (χ0n) is 23.7. The molecule has 36 heavy (non-hydrogen) atoms. The molecule has 0 unspecified atom stereocenters. The Morgan fingerprint density at radius 2 is 0.944 bits per heavy atom. The summed E-state index contributed by atoms with van der Waals surface area (Å²) in [4.78, 5) is 0. The maximum absolute atomic E-state index is 2.42. The van der Waals surface area contributed by atoms with E-state index in [1.165, 1.54) is 132 Å². The summed E-state index contributed by atoms with van der Waals surface area (Å²) >= 11 is 0. The van der Waals surface area contributed by atoms with Gasteiger partial charge in [0.2, 0.25) is 0 Å². The molecule has 198 valence electrons. The first-order valence-electron chi connectivity index (χ1n) is 15.9. The molecule has 0 amide bonds. The van der Waals surface area contributed by atoms with Gasteiger partial charge in [-0.05, 0) is 84.5 Å². The van der Waals surface area contributed by atoms with Crippen molar-refractivity contribution in [3.8, 4) is 11.1 Å². The summed E-state index contributed by atoms with van der Waals surface area (Å²) in [6.07, 6.45) is 25.7. The van der Waals surface area contributed by atoms with Crippen LogP contribution in [0.1, 0.15) is 140 Å². The van der Waals surface area contributed by atoms with Crippen LogP contribution in [0.4, 0.5) is 0 Å². The Balaban J connectivity index is 1.19. The van der Waals surface area contributed by atoms with Crippen LogP contribution in [0.2, 0.25) is 0 Å². The molecule has 0 aliphatic heterocycles. The lowest BCUT2D eigenvalue weighted by Crippen LogP contribution is -2.15. The molecule has 0 nitrogen and oxygen atoms in total. The third-order valence-electron chi connectivity index (χ3n) is 9.76. The van der Waals surface area contributed by atoms with Gasteiger partial charge in [-0.3, -0.25) is 0 Å². The highest BCUT2D eigenvalue weighted by Gasteiger charge is 2.22. The average Bonchev–Trinajstić information content (AvgIpc) is 2.94. The van der Waals surface area contributed by atoms with Gasteiger partial charge in [-0.25, -0.2) is 0 Å². The maximum Gasteiger partial charge on any atom is -0.0162 e. The number of hydrogen-bond acceptors (Lipinski definition) is 0. The molecule has 0 radical (unpaired) electrons. The summed E-state index contributed by atoms with van der Waals surface area (Å²) in [5.74, 6) is 3.78. The quantitative estimate of drug-likeness (QED) is 0.247. The van der Waals surface area contributed by atoms with Gasteiger partial charge in [0.25, 0.3) is 0 Å². The number of unbranched alkanes of at least 4 members (excludes halogenated alkanes) is 4. The Morgan fingerprint density at radius 3 is 1.44 bits per heavy atom. The average molecular weight is 487 g/mol. The third-order valence-corrected chi connectivity index (χ3v) is 9.76. The van der Waals surface area contributed by atoms with E-state index in [4.69, 9.17) is 0 Å². The Labute approximate surface area is 223 Å². The molecule has 0 bridgehead atoms. The van der Waals surface area contributed by atoms with Gasteiger partial charge in [0.05, 0.1) is 0 Å². The molecule has 2 aromatic rings. The van der Waals surface area contributed by atoms with Crippen LogP contribution in [0.25, 0.3) is 11.1 Å². The van der Waals surface area contributed by atoms with Gasteiger partial charge in [0.15, 0.2) is 0 Å². The van der Waals surface area contributed by atoms with Crippen LogP contribution in [0.15, 0.2) is 48.5 Å². The Hall–Kier alpha value is -1.56. The molecule has 0 heterocycles. The fourth-order valence-corrected chi connectivity index (χ4v) is 7.14. The largest absolute Gasteiger partial charge is 0.0654 e. The standard InChI is InChI=1S/C36H54/c1-3-5-7-9-29-11-13-31(14-12-29)15-16-32-19-23-34(24-20-32)36-27-25-35(26-28-36)33-21-17-30(18-22-33)10-8-6-4-2/h19-20,23-31,33H,3-18,21-22H2,1-2H3. The smallest absolute Gasteiger partial charge is 0.0162 e. The van der Waals surface area contributed by atoms with E-state index in [-0.39, 0.29) is 0 Å². The van der Waals surface area contributed by atoms with E-state index < -0.39 is 0 Å². The molecule has 0 saturated heterocycles. The van der Waals surface area contributed by atoms with Crippen molar-refractivity contribution in [2.45, 2.75) is 135 Å². The molecule has 2 aliphatic carbocycles. The molecule has 2 saturated carbocycles. The fraction of sp³-hybridized carbons (Fsp3) is 0.667. The zero-order chi connectivity index (χ0) is 25.0. The van der Waals surface area contributed by atoms with E-state index in [2.05, 4.69) is 62.4 Å². The van der Waals surface area contributed by atoms with Gasteiger partial charge in [0, 0.05) is 0 Å². The summed E-state index contributed by atoms with van der Waals surface area (Å²) in [6.45, 7) is 4.64. The zero-order valence-corrected chi connectivity index (χ0v) is 23.7. The molecule has 2 fully saturated rings. The number of aryl methyl sites for hydroxylation is 1. The third kappa shape index (κ3) is 8.49. The Kier molecular flexibility index (Phi) is 11.4. The fourth-order valence-electron chi connectivity index (χ4n) is 7.14. The summed E-state index contributed by atoms with van der Waals surface area (Å²) in [6, 6.07) is 19.1. The minimum atomic E-state index is 0.787. The van der Waals surface area contributed by atoms with Crippen LogP contribution in [0.5, 0.6) is 0 Å². The van der Waals surface area contributed by atoms with Crippen LogP contribution in [-0.4, -0.2) is 0 Å². The van der Waals surface area contributed by atoms with Crippen molar-refractivity contribution in [3.63, 3.8) is 0 Å².